The van der Waals surface area contributed by atoms with E-state index in [0.29, 0.717) is 10.7 Å². The Morgan fingerprint density at radius 1 is 1.20 bits per heavy atom. The van der Waals surface area contributed by atoms with Gasteiger partial charge >= 0.3 is 6.03 Å². The van der Waals surface area contributed by atoms with Crippen molar-refractivity contribution in [2.45, 2.75) is 19.9 Å². The third-order valence-corrected chi connectivity index (χ3v) is 4.26. The molecule has 6 heteroatoms. The van der Waals surface area contributed by atoms with Gasteiger partial charge in [0.1, 0.15) is 0 Å². The number of benzene rings is 2. The van der Waals surface area contributed by atoms with Gasteiger partial charge in [-0.05, 0) is 49.2 Å². The maximum Gasteiger partial charge on any atom is 0.319 e. The molecule has 128 valence electrons. The van der Waals surface area contributed by atoms with Crippen molar-refractivity contribution in [3.63, 3.8) is 0 Å². The second kappa shape index (κ2) is 7.40. The van der Waals surface area contributed by atoms with Gasteiger partial charge in [-0.2, -0.15) is 5.10 Å². The minimum atomic E-state index is -0.279. The maximum absolute atomic E-state index is 12.2. The Kier molecular flexibility index (Phi) is 5.05. The molecule has 0 bridgehead atoms. The fourth-order valence-electron chi connectivity index (χ4n) is 2.70. The lowest BCUT2D eigenvalue weighted by Gasteiger charge is -2.17. The van der Waals surface area contributed by atoms with Gasteiger partial charge in [0.05, 0.1) is 16.8 Å². The topological polar surface area (TPSA) is 59.0 Å². The molecule has 2 amide bonds. The largest absolute Gasteiger partial charge is 0.331 e. The van der Waals surface area contributed by atoms with Crippen molar-refractivity contribution >= 4 is 23.3 Å². The van der Waals surface area contributed by atoms with Crippen LogP contribution in [0.5, 0.6) is 0 Å². The summed E-state index contributed by atoms with van der Waals surface area (Å²) in [7, 11) is 0. The summed E-state index contributed by atoms with van der Waals surface area (Å²) in [6.07, 6.45) is 3.49. The van der Waals surface area contributed by atoms with Crippen molar-refractivity contribution in [3.05, 3.63) is 77.1 Å². The number of nitrogens with one attached hydrogen (secondary N) is 2. The monoisotopic (exact) mass is 354 g/mol. The van der Waals surface area contributed by atoms with Crippen molar-refractivity contribution in [2.75, 3.05) is 5.32 Å². The summed E-state index contributed by atoms with van der Waals surface area (Å²) in [6.45, 7) is 3.98. The van der Waals surface area contributed by atoms with Crippen LogP contribution < -0.4 is 10.6 Å². The molecular formula is C19H19ClN4O. The first-order valence-electron chi connectivity index (χ1n) is 7.97. The molecule has 0 aliphatic heterocycles. The van der Waals surface area contributed by atoms with E-state index in [1.807, 2.05) is 56.4 Å². The Balaban J connectivity index is 1.67. The lowest BCUT2D eigenvalue weighted by Crippen LogP contribution is -2.31. The number of amides is 2. The van der Waals surface area contributed by atoms with E-state index in [4.69, 9.17) is 11.6 Å². The number of carbonyl (C=O) groups is 1. The highest BCUT2D eigenvalue weighted by atomic mass is 35.5. The third kappa shape index (κ3) is 4.00. The highest BCUT2D eigenvalue weighted by Crippen LogP contribution is 2.24. The minimum absolute atomic E-state index is 0.0972. The lowest BCUT2D eigenvalue weighted by molar-refractivity contribution is 0.249. The second-order valence-electron chi connectivity index (χ2n) is 5.79. The molecule has 2 N–H and O–H groups in total. The molecule has 0 aliphatic rings. The Morgan fingerprint density at radius 3 is 2.68 bits per heavy atom. The summed E-state index contributed by atoms with van der Waals surface area (Å²) in [5.74, 6) is 0. The van der Waals surface area contributed by atoms with Gasteiger partial charge in [-0.3, -0.25) is 0 Å². The number of urea groups is 1. The zero-order chi connectivity index (χ0) is 17.8. The molecule has 1 atom stereocenters. The van der Waals surface area contributed by atoms with E-state index in [0.717, 1.165) is 16.8 Å². The van der Waals surface area contributed by atoms with Crippen LogP contribution in [0, 0.1) is 6.92 Å². The van der Waals surface area contributed by atoms with Crippen molar-refractivity contribution in [3.8, 4) is 5.69 Å². The average molecular weight is 355 g/mol. The smallest absolute Gasteiger partial charge is 0.319 e. The summed E-state index contributed by atoms with van der Waals surface area (Å²) < 4.78 is 1.67. The number of hydrogen-bond acceptors (Lipinski definition) is 2. The Hall–Kier alpha value is -2.79. The SMILES string of the molecule is Cc1ccccc1C(C)NC(=O)Nc1ccc(-n2cccn2)c(Cl)c1. The van der Waals surface area contributed by atoms with Gasteiger partial charge in [-0.15, -0.1) is 0 Å². The van der Waals surface area contributed by atoms with Crippen LogP contribution in [0.1, 0.15) is 24.1 Å². The van der Waals surface area contributed by atoms with Gasteiger partial charge in [-0.25, -0.2) is 9.48 Å². The molecule has 1 heterocycles. The molecule has 25 heavy (non-hydrogen) atoms. The van der Waals surface area contributed by atoms with E-state index in [9.17, 15) is 4.79 Å². The Bertz CT molecular complexity index is 877. The van der Waals surface area contributed by atoms with Gasteiger partial charge in [-0.1, -0.05) is 35.9 Å². The zero-order valence-corrected chi connectivity index (χ0v) is 14.8. The van der Waals surface area contributed by atoms with Crippen molar-refractivity contribution in [1.29, 1.82) is 0 Å². The van der Waals surface area contributed by atoms with Gasteiger partial charge in [0.25, 0.3) is 0 Å². The fraction of sp³-hybridized carbons (Fsp3) is 0.158. The summed E-state index contributed by atoms with van der Waals surface area (Å²) in [5.41, 5.74) is 3.60. The van der Waals surface area contributed by atoms with Crippen LogP contribution in [0.4, 0.5) is 10.5 Å². The molecule has 1 unspecified atom stereocenters. The summed E-state index contributed by atoms with van der Waals surface area (Å²) in [6, 6.07) is 14.7. The number of halogens is 1. The van der Waals surface area contributed by atoms with Crippen LogP contribution in [0.25, 0.3) is 5.69 Å². The predicted molar refractivity (Wildman–Crippen MR) is 100 cm³/mol. The summed E-state index contributed by atoms with van der Waals surface area (Å²) in [5, 5.41) is 10.4. The zero-order valence-electron chi connectivity index (χ0n) is 14.0. The number of aryl methyl sites for hydroxylation is 1. The molecule has 0 saturated heterocycles. The maximum atomic E-state index is 12.2. The Labute approximate surface area is 151 Å². The number of carbonyl (C=O) groups excluding carboxylic acids is 1. The molecule has 0 aliphatic carbocycles. The number of aromatic nitrogens is 2. The molecule has 0 radical (unpaired) electrons. The van der Waals surface area contributed by atoms with Crippen LogP contribution in [0.15, 0.2) is 60.9 Å². The molecule has 5 nitrogen and oxygen atoms in total. The first-order valence-corrected chi connectivity index (χ1v) is 8.35. The van der Waals surface area contributed by atoms with Gasteiger partial charge in [0.15, 0.2) is 0 Å². The van der Waals surface area contributed by atoms with E-state index in [-0.39, 0.29) is 12.1 Å². The van der Waals surface area contributed by atoms with Gasteiger partial charge < -0.3 is 10.6 Å². The number of anilines is 1. The van der Waals surface area contributed by atoms with E-state index < -0.39 is 0 Å². The quantitative estimate of drug-likeness (QED) is 0.712. The first kappa shape index (κ1) is 17.0. The van der Waals surface area contributed by atoms with E-state index in [1.54, 1.807) is 23.0 Å². The van der Waals surface area contributed by atoms with Crippen molar-refractivity contribution in [1.82, 2.24) is 15.1 Å². The third-order valence-electron chi connectivity index (χ3n) is 3.96. The molecule has 1 aromatic heterocycles. The molecule has 3 rings (SSSR count). The van der Waals surface area contributed by atoms with Gasteiger partial charge in [0.2, 0.25) is 0 Å². The number of nitrogens with zero attached hydrogens (tertiary/aromatic N) is 2. The standard InChI is InChI=1S/C19H19ClN4O/c1-13-6-3-4-7-16(13)14(2)22-19(25)23-15-8-9-18(17(20)12-15)24-11-5-10-21-24/h3-12,14H,1-2H3,(H2,22,23,25). The van der Waals surface area contributed by atoms with Gasteiger partial charge in [0, 0.05) is 18.1 Å². The van der Waals surface area contributed by atoms with Crippen LogP contribution in [0.2, 0.25) is 5.02 Å². The van der Waals surface area contributed by atoms with Crippen LogP contribution >= 0.6 is 11.6 Å². The van der Waals surface area contributed by atoms with Crippen LogP contribution in [-0.2, 0) is 0 Å². The second-order valence-corrected chi connectivity index (χ2v) is 6.20. The van der Waals surface area contributed by atoms with E-state index in [2.05, 4.69) is 15.7 Å². The summed E-state index contributed by atoms with van der Waals surface area (Å²) >= 11 is 6.29. The van der Waals surface area contributed by atoms with Crippen molar-refractivity contribution in [2.24, 2.45) is 0 Å². The number of hydrogen-bond donors (Lipinski definition) is 2. The van der Waals surface area contributed by atoms with Crippen LogP contribution in [0.3, 0.4) is 0 Å². The highest BCUT2D eigenvalue weighted by molar-refractivity contribution is 6.32. The molecule has 0 spiro atoms. The molecule has 0 fully saturated rings. The molecule has 0 saturated carbocycles. The van der Waals surface area contributed by atoms with Crippen molar-refractivity contribution < 1.29 is 4.79 Å². The Morgan fingerprint density at radius 2 is 2.00 bits per heavy atom. The average Bonchev–Trinajstić information content (AvgIpc) is 3.09. The summed E-state index contributed by atoms with van der Waals surface area (Å²) in [4.78, 5) is 12.2. The minimum Gasteiger partial charge on any atom is -0.331 e. The fourth-order valence-corrected chi connectivity index (χ4v) is 2.96. The normalized spacial score (nSPS) is 11.8. The van der Waals surface area contributed by atoms with E-state index in [1.165, 1.54) is 0 Å². The van der Waals surface area contributed by atoms with Crippen LogP contribution in [-0.4, -0.2) is 15.8 Å². The lowest BCUT2D eigenvalue weighted by atomic mass is 10.0. The number of rotatable bonds is 4. The first-order chi connectivity index (χ1) is 12.0. The predicted octanol–water partition coefficient (Wildman–Crippen LogP) is 4.72. The molecule has 2 aromatic carbocycles. The molecular weight excluding hydrogens is 336 g/mol. The molecule has 3 aromatic rings. The highest BCUT2D eigenvalue weighted by Gasteiger charge is 2.12. The van der Waals surface area contributed by atoms with E-state index >= 15 is 0 Å².